The highest BCUT2D eigenvalue weighted by Crippen LogP contribution is 2.17. The molecule has 2 atom stereocenters. The summed E-state index contributed by atoms with van der Waals surface area (Å²) in [5.74, 6) is 0. The van der Waals surface area contributed by atoms with Crippen molar-refractivity contribution in [1.29, 1.82) is 0 Å². The molecule has 2 unspecified atom stereocenters. The van der Waals surface area contributed by atoms with Crippen LogP contribution in [-0.4, -0.2) is 43.3 Å². The highest BCUT2D eigenvalue weighted by atomic mass is 35.5. The van der Waals surface area contributed by atoms with Gasteiger partial charge in [-0.3, -0.25) is 4.90 Å². The van der Waals surface area contributed by atoms with E-state index in [1.54, 1.807) is 0 Å². The van der Waals surface area contributed by atoms with Gasteiger partial charge in [0.1, 0.15) is 0 Å². The summed E-state index contributed by atoms with van der Waals surface area (Å²) in [6.45, 7) is 4.15. The van der Waals surface area contributed by atoms with Gasteiger partial charge in [0.15, 0.2) is 0 Å². The van der Waals surface area contributed by atoms with Gasteiger partial charge in [-0.25, -0.2) is 0 Å². The summed E-state index contributed by atoms with van der Waals surface area (Å²) in [6, 6.07) is 0.845. The fourth-order valence-electron chi connectivity index (χ4n) is 2.19. The fraction of sp³-hybridized carbons (Fsp3) is 1.00. The van der Waals surface area contributed by atoms with Gasteiger partial charge < -0.3 is 10.5 Å². The van der Waals surface area contributed by atoms with Crippen LogP contribution in [0.25, 0.3) is 0 Å². The topological polar surface area (TPSA) is 38.5 Å². The average Bonchev–Trinajstić information content (AvgIpc) is 2.57. The molecule has 2 heterocycles. The Morgan fingerprint density at radius 3 is 2.36 bits per heavy atom. The number of rotatable bonds is 1. The molecule has 2 fully saturated rings. The van der Waals surface area contributed by atoms with E-state index in [0.717, 1.165) is 19.6 Å². The molecule has 2 aliphatic heterocycles. The van der Waals surface area contributed by atoms with Crippen LogP contribution in [0.5, 0.6) is 0 Å². The van der Waals surface area contributed by atoms with Gasteiger partial charge in [-0.1, -0.05) is 0 Å². The van der Waals surface area contributed by atoms with E-state index in [1.165, 1.54) is 25.9 Å². The third kappa shape index (κ3) is 3.24. The van der Waals surface area contributed by atoms with Crippen molar-refractivity contribution in [3.8, 4) is 0 Å². The quantitative estimate of drug-likeness (QED) is 0.748. The van der Waals surface area contributed by atoms with Crippen LogP contribution >= 0.6 is 24.8 Å². The minimum absolute atomic E-state index is 0. The molecule has 2 N–H and O–H groups in total. The molecule has 0 amide bonds. The van der Waals surface area contributed by atoms with Crippen molar-refractivity contribution >= 4 is 24.8 Å². The number of nitrogens with zero attached hydrogens (tertiary/aromatic N) is 1. The smallest absolute Gasteiger partial charge is 0.0636 e. The molecule has 5 heteroatoms. The first kappa shape index (κ1) is 14.5. The van der Waals surface area contributed by atoms with E-state index in [-0.39, 0.29) is 24.8 Å². The van der Waals surface area contributed by atoms with E-state index in [1.807, 2.05) is 0 Å². The molecule has 0 bridgehead atoms. The first-order valence-corrected chi connectivity index (χ1v) is 4.95. The van der Waals surface area contributed by atoms with E-state index in [9.17, 15) is 0 Å². The second-order valence-corrected chi connectivity index (χ2v) is 3.84. The number of halogens is 2. The zero-order valence-electron chi connectivity index (χ0n) is 8.35. The Morgan fingerprint density at radius 1 is 1.14 bits per heavy atom. The summed E-state index contributed by atoms with van der Waals surface area (Å²) in [4.78, 5) is 2.49. The van der Waals surface area contributed by atoms with Crippen molar-refractivity contribution in [3.63, 3.8) is 0 Å². The fourth-order valence-corrected chi connectivity index (χ4v) is 2.19. The Labute approximate surface area is 98.2 Å². The molecule has 0 aliphatic carbocycles. The normalized spacial score (nSPS) is 33.2. The van der Waals surface area contributed by atoms with Crippen molar-refractivity contribution < 1.29 is 4.74 Å². The van der Waals surface area contributed by atoms with Crippen molar-refractivity contribution in [2.24, 2.45) is 5.73 Å². The van der Waals surface area contributed by atoms with Crippen LogP contribution in [-0.2, 0) is 4.74 Å². The average molecular weight is 243 g/mol. The van der Waals surface area contributed by atoms with E-state index in [4.69, 9.17) is 10.5 Å². The van der Waals surface area contributed by atoms with Crippen LogP contribution < -0.4 is 5.73 Å². The summed E-state index contributed by atoms with van der Waals surface area (Å²) in [7, 11) is 0. The molecule has 0 spiro atoms. The zero-order valence-corrected chi connectivity index (χ0v) is 9.99. The predicted octanol–water partition coefficient (Wildman–Crippen LogP) is 1.04. The molecule has 0 radical (unpaired) electrons. The van der Waals surface area contributed by atoms with E-state index < -0.39 is 0 Å². The van der Waals surface area contributed by atoms with Crippen molar-refractivity contribution in [3.05, 3.63) is 0 Å². The van der Waals surface area contributed by atoms with E-state index >= 15 is 0 Å². The molecular formula is C9H20Cl2N2O. The lowest BCUT2D eigenvalue weighted by molar-refractivity contribution is 0.0145. The second kappa shape index (κ2) is 6.85. The minimum atomic E-state index is 0. The molecule has 0 saturated carbocycles. The van der Waals surface area contributed by atoms with E-state index in [0.29, 0.717) is 12.1 Å². The number of hydrogen-bond donors (Lipinski definition) is 1. The number of nitrogens with two attached hydrogens (primary N) is 1. The lowest BCUT2D eigenvalue weighted by Crippen LogP contribution is -2.52. The predicted molar refractivity (Wildman–Crippen MR) is 62.5 cm³/mol. The van der Waals surface area contributed by atoms with Gasteiger partial charge in [0, 0.05) is 18.7 Å². The molecule has 2 saturated heterocycles. The van der Waals surface area contributed by atoms with Crippen LogP contribution in [0.1, 0.15) is 19.3 Å². The highest BCUT2D eigenvalue weighted by molar-refractivity contribution is 5.85. The van der Waals surface area contributed by atoms with Crippen molar-refractivity contribution in [2.45, 2.75) is 31.3 Å². The summed E-state index contributed by atoms with van der Waals surface area (Å²) in [5.41, 5.74) is 6.04. The van der Waals surface area contributed by atoms with Crippen molar-refractivity contribution in [2.75, 3.05) is 26.3 Å². The largest absolute Gasteiger partial charge is 0.380 e. The first-order chi connectivity index (χ1) is 5.88. The summed E-state index contributed by atoms with van der Waals surface area (Å²) < 4.78 is 5.44. The molecular weight excluding hydrogens is 223 g/mol. The van der Waals surface area contributed by atoms with Gasteiger partial charge >= 0.3 is 0 Å². The maximum Gasteiger partial charge on any atom is 0.0636 e. The maximum absolute atomic E-state index is 6.04. The molecule has 3 nitrogen and oxygen atoms in total. The third-order valence-corrected chi connectivity index (χ3v) is 2.99. The van der Waals surface area contributed by atoms with Crippen LogP contribution in [0.4, 0.5) is 0 Å². The van der Waals surface area contributed by atoms with E-state index in [2.05, 4.69) is 4.90 Å². The van der Waals surface area contributed by atoms with Crippen molar-refractivity contribution in [1.82, 2.24) is 4.90 Å². The molecule has 0 aromatic heterocycles. The SMILES string of the molecule is Cl.Cl.NC1CCOCC1N1CCCC1. The Morgan fingerprint density at radius 2 is 1.79 bits per heavy atom. The summed E-state index contributed by atoms with van der Waals surface area (Å²) in [5, 5.41) is 0. The van der Waals surface area contributed by atoms with Gasteiger partial charge in [0.25, 0.3) is 0 Å². The Kier molecular flexibility index (Phi) is 7.08. The summed E-state index contributed by atoms with van der Waals surface area (Å²) >= 11 is 0. The molecule has 0 aromatic carbocycles. The van der Waals surface area contributed by atoms with Crippen LogP contribution in [0.15, 0.2) is 0 Å². The molecule has 86 valence electrons. The lowest BCUT2D eigenvalue weighted by atomic mass is 10.0. The number of likely N-dealkylation sites (tertiary alicyclic amines) is 1. The molecule has 2 rings (SSSR count). The second-order valence-electron chi connectivity index (χ2n) is 3.84. The number of ether oxygens (including phenoxy) is 1. The third-order valence-electron chi connectivity index (χ3n) is 2.99. The molecule has 0 aromatic rings. The number of hydrogen-bond acceptors (Lipinski definition) is 3. The Balaban J connectivity index is 0.000000845. The van der Waals surface area contributed by atoms with Gasteiger partial charge in [-0.15, -0.1) is 24.8 Å². The zero-order chi connectivity index (χ0) is 8.39. The van der Waals surface area contributed by atoms with Gasteiger partial charge in [-0.05, 0) is 32.4 Å². The minimum Gasteiger partial charge on any atom is -0.380 e. The highest BCUT2D eigenvalue weighted by Gasteiger charge is 2.29. The van der Waals surface area contributed by atoms with Gasteiger partial charge in [-0.2, -0.15) is 0 Å². The monoisotopic (exact) mass is 242 g/mol. The first-order valence-electron chi connectivity index (χ1n) is 4.95. The Bertz CT molecular complexity index is 154. The van der Waals surface area contributed by atoms with Gasteiger partial charge in [0.2, 0.25) is 0 Å². The summed E-state index contributed by atoms with van der Waals surface area (Å²) in [6.07, 6.45) is 3.70. The molecule has 14 heavy (non-hydrogen) atoms. The maximum atomic E-state index is 6.04. The standard InChI is InChI=1S/C9H18N2O.2ClH/c10-8-3-6-12-7-9(8)11-4-1-2-5-11;;/h8-9H,1-7,10H2;2*1H. The van der Waals surface area contributed by atoms with Crippen LogP contribution in [0.2, 0.25) is 0 Å². The lowest BCUT2D eigenvalue weighted by Gasteiger charge is -2.35. The van der Waals surface area contributed by atoms with Gasteiger partial charge in [0.05, 0.1) is 6.61 Å². The van der Waals surface area contributed by atoms with Crippen LogP contribution in [0, 0.1) is 0 Å². The van der Waals surface area contributed by atoms with Crippen LogP contribution in [0.3, 0.4) is 0 Å². The molecule has 2 aliphatic rings. The Hall–Kier alpha value is 0.460.